The lowest BCUT2D eigenvalue weighted by atomic mass is 10.0. The molecule has 0 bridgehead atoms. The van der Waals surface area contributed by atoms with E-state index in [-0.39, 0.29) is 19.6 Å². The summed E-state index contributed by atoms with van der Waals surface area (Å²) in [7, 11) is 0. The van der Waals surface area contributed by atoms with E-state index in [1.807, 2.05) is 0 Å². The average molecular weight is 398 g/mol. The third kappa shape index (κ3) is 3.36. The van der Waals surface area contributed by atoms with E-state index >= 15 is 0 Å². The van der Waals surface area contributed by atoms with E-state index < -0.39 is 30.0 Å². The van der Waals surface area contributed by atoms with Crippen LogP contribution in [0.5, 0.6) is 0 Å². The summed E-state index contributed by atoms with van der Waals surface area (Å²) in [4.78, 5) is 30.8. The van der Waals surface area contributed by atoms with Gasteiger partial charge in [0.2, 0.25) is 5.91 Å². The molecule has 0 N–H and O–H groups in total. The van der Waals surface area contributed by atoms with Gasteiger partial charge in [-0.15, -0.1) is 0 Å². The summed E-state index contributed by atoms with van der Waals surface area (Å²) in [6.45, 7) is -0.373. The first-order valence-corrected chi connectivity index (χ1v) is 9.16. The van der Waals surface area contributed by atoms with Crippen LogP contribution >= 0.6 is 11.6 Å². The maximum absolute atomic E-state index is 13.5. The molecule has 2 aromatic rings. The predicted molar refractivity (Wildman–Crippen MR) is 93.2 cm³/mol. The first-order valence-electron chi connectivity index (χ1n) is 8.78. The standard InChI is InChI=1S/C17H18ClF2N5O2/c18-11-4-10(5-21-6-11)7-24-17(27)25-14(2-1-3-15(25)22-24)16(26)23-8-12(19)13(20)9-23/h4-6,12-14H,1-3,7-9H2/t12-,13-,14+/m1/s1. The molecule has 2 aliphatic rings. The Balaban J connectivity index is 1.62. The Bertz CT molecular complexity index is 920. The number of alkyl halides is 2. The fourth-order valence-corrected chi connectivity index (χ4v) is 3.90. The second-order valence-corrected chi connectivity index (χ2v) is 7.36. The van der Waals surface area contributed by atoms with Crippen LogP contribution in [0.25, 0.3) is 0 Å². The molecule has 7 nitrogen and oxygen atoms in total. The van der Waals surface area contributed by atoms with Crippen LogP contribution in [-0.4, -0.2) is 55.6 Å². The van der Waals surface area contributed by atoms with Gasteiger partial charge in [0.1, 0.15) is 11.9 Å². The SMILES string of the molecule is O=C([C@@H]1CCCc2nn(Cc3cncc(Cl)c3)c(=O)n21)N1C[C@@H](F)[C@H](F)C1. The van der Waals surface area contributed by atoms with E-state index in [4.69, 9.17) is 11.6 Å². The number of aromatic nitrogens is 4. The van der Waals surface area contributed by atoms with Crippen molar-refractivity contribution in [3.63, 3.8) is 0 Å². The molecule has 0 radical (unpaired) electrons. The fraction of sp³-hybridized carbons (Fsp3) is 0.529. The van der Waals surface area contributed by atoms with E-state index in [2.05, 4.69) is 10.1 Å². The highest BCUT2D eigenvalue weighted by molar-refractivity contribution is 6.30. The van der Waals surface area contributed by atoms with Crippen molar-refractivity contribution in [1.82, 2.24) is 24.2 Å². The Morgan fingerprint density at radius 3 is 2.70 bits per heavy atom. The highest BCUT2D eigenvalue weighted by Crippen LogP contribution is 2.27. The van der Waals surface area contributed by atoms with Crippen LogP contribution in [0.15, 0.2) is 23.3 Å². The van der Waals surface area contributed by atoms with E-state index in [1.165, 1.54) is 20.3 Å². The summed E-state index contributed by atoms with van der Waals surface area (Å²) in [6, 6.07) is 0.916. The van der Waals surface area contributed by atoms with Crippen molar-refractivity contribution in [3.05, 3.63) is 45.4 Å². The number of amides is 1. The highest BCUT2D eigenvalue weighted by Gasteiger charge is 2.40. The number of hydrogen-bond donors (Lipinski definition) is 0. The smallest absolute Gasteiger partial charge is 0.335 e. The van der Waals surface area contributed by atoms with Gasteiger partial charge >= 0.3 is 5.69 Å². The number of fused-ring (bicyclic) bond motifs is 1. The van der Waals surface area contributed by atoms with Crippen molar-refractivity contribution >= 4 is 17.5 Å². The second-order valence-electron chi connectivity index (χ2n) is 6.92. The van der Waals surface area contributed by atoms with Crippen LogP contribution < -0.4 is 5.69 Å². The van der Waals surface area contributed by atoms with Crippen LogP contribution in [0.4, 0.5) is 8.78 Å². The van der Waals surface area contributed by atoms with Crippen molar-refractivity contribution < 1.29 is 13.6 Å². The minimum Gasteiger partial charge on any atom is -0.335 e. The van der Waals surface area contributed by atoms with Gasteiger partial charge in [0.15, 0.2) is 12.3 Å². The molecule has 1 amide bonds. The molecule has 1 fully saturated rings. The van der Waals surface area contributed by atoms with E-state index in [0.717, 1.165) is 0 Å². The number of pyridine rings is 1. The van der Waals surface area contributed by atoms with Crippen LogP contribution in [0.1, 0.15) is 30.3 Å². The van der Waals surface area contributed by atoms with E-state index in [9.17, 15) is 18.4 Å². The number of carbonyl (C=O) groups excluding carboxylic acids is 1. The molecule has 0 unspecified atom stereocenters. The van der Waals surface area contributed by atoms with Gasteiger partial charge in [-0.05, 0) is 24.5 Å². The summed E-state index contributed by atoms with van der Waals surface area (Å²) in [5, 5.41) is 4.79. The Labute approximate surface area is 158 Å². The molecule has 4 heterocycles. The van der Waals surface area contributed by atoms with Crippen molar-refractivity contribution in [2.24, 2.45) is 0 Å². The summed E-state index contributed by atoms with van der Waals surface area (Å²) in [6.07, 6.45) is 1.42. The molecule has 144 valence electrons. The topological polar surface area (TPSA) is 73.0 Å². The van der Waals surface area contributed by atoms with Gasteiger partial charge in [-0.3, -0.25) is 14.3 Å². The van der Waals surface area contributed by atoms with Gasteiger partial charge in [0.05, 0.1) is 24.7 Å². The molecule has 3 atom stereocenters. The molecular formula is C17H18ClF2N5O2. The monoisotopic (exact) mass is 397 g/mol. The van der Waals surface area contributed by atoms with Crippen molar-refractivity contribution in [2.45, 2.75) is 44.2 Å². The first kappa shape index (κ1) is 18.1. The normalized spacial score (nSPS) is 24.9. The summed E-state index contributed by atoms with van der Waals surface area (Å²) in [5.41, 5.74) is 0.291. The zero-order chi connectivity index (χ0) is 19.1. The first-order chi connectivity index (χ1) is 12.9. The lowest BCUT2D eigenvalue weighted by Crippen LogP contribution is -2.42. The average Bonchev–Trinajstić information content (AvgIpc) is 3.14. The maximum Gasteiger partial charge on any atom is 0.346 e. The second kappa shape index (κ2) is 7.03. The molecule has 0 saturated carbocycles. The van der Waals surface area contributed by atoms with Gasteiger partial charge in [-0.2, -0.15) is 5.10 Å². The molecule has 1 saturated heterocycles. The predicted octanol–water partition coefficient (Wildman–Crippen LogP) is 1.54. The molecule has 2 aliphatic heterocycles. The molecule has 10 heteroatoms. The van der Waals surface area contributed by atoms with Crippen molar-refractivity contribution in [3.8, 4) is 0 Å². The van der Waals surface area contributed by atoms with E-state index in [0.29, 0.717) is 35.7 Å². The third-order valence-corrected chi connectivity index (χ3v) is 5.21. The summed E-state index contributed by atoms with van der Waals surface area (Å²) >= 11 is 5.93. The van der Waals surface area contributed by atoms with Gasteiger partial charge in [0, 0.05) is 18.8 Å². The number of likely N-dealkylation sites (tertiary alicyclic amines) is 1. The zero-order valence-electron chi connectivity index (χ0n) is 14.4. The third-order valence-electron chi connectivity index (χ3n) is 5.00. The number of rotatable bonds is 3. The Hall–Kier alpha value is -2.29. The minimum absolute atomic E-state index is 0.177. The van der Waals surface area contributed by atoms with Crippen LogP contribution in [0, 0.1) is 0 Å². The quantitative estimate of drug-likeness (QED) is 0.787. The molecule has 0 spiro atoms. The van der Waals surface area contributed by atoms with Crippen LogP contribution in [0.3, 0.4) is 0 Å². The molecule has 0 aromatic carbocycles. The van der Waals surface area contributed by atoms with Gasteiger partial charge in [0.25, 0.3) is 0 Å². The van der Waals surface area contributed by atoms with Crippen LogP contribution in [0.2, 0.25) is 5.02 Å². The Morgan fingerprint density at radius 2 is 2.00 bits per heavy atom. The zero-order valence-corrected chi connectivity index (χ0v) is 15.1. The molecular weight excluding hydrogens is 380 g/mol. The number of carbonyl (C=O) groups is 1. The molecule has 4 rings (SSSR count). The highest BCUT2D eigenvalue weighted by atomic mass is 35.5. The largest absolute Gasteiger partial charge is 0.346 e. The lowest BCUT2D eigenvalue weighted by molar-refractivity contribution is -0.134. The Morgan fingerprint density at radius 1 is 1.26 bits per heavy atom. The Kier molecular flexibility index (Phi) is 4.71. The molecule has 27 heavy (non-hydrogen) atoms. The molecule has 2 aromatic heterocycles. The number of hydrogen-bond acceptors (Lipinski definition) is 4. The fourth-order valence-electron chi connectivity index (χ4n) is 3.70. The summed E-state index contributed by atoms with van der Waals surface area (Å²) in [5.74, 6) is 0.0807. The number of halogens is 3. The van der Waals surface area contributed by atoms with Crippen molar-refractivity contribution in [1.29, 1.82) is 0 Å². The van der Waals surface area contributed by atoms with Crippen LogP contribution in [-0.2, 0) is 17.8 Å². The number of nitrogens with zero attached hydrogens (tertiary/aromatic N) is 5. The lowest BCUT2D eigenvalue weighted by Gasteiger charge is -2.26. The van der Waals surface area contributed by atoms with Gasteiger partial charge < -0.3 is 4.90 Å². The van der Waals surface area contributed by atoms with E-state index in [1.54, 1.807) is 12.3 Å². The summed E-state index contributed by atoms with van der Waals surface area (Å²) < 4.78 is 29.6. The molecule has 0 aliphatic carbocycles. The minimum atomic E-state index is -1.67. The number of aryl methyl sites for hydroxylation is 1. The maximum atomic E-state index is 13.5. The van der Waals surface area contributed by atoms with Gasteiger partial charge in [-0.25, -0.2) is 18.3 Å². The van der Waals surface area contributed by atoms with Crippen molar-refractivity contribution in [2.75, 3.05) is 13.1 Å². The van der Waals surface area contributed by atoms with Gasteiger partial charge in [-0.1, -0.05) is 11.6 Å².